The van der Waals surface area contributed by atoms with Crippen molar-refractivity contribution in [1.29, 1.82) is 0 Å². The Morgan fingerprint density at radius 1 is 1.45 bits per heavy atom. The molecule has 1 N–H and O–H groups in total. The van der Waals surface area contributed by atoms with Crippen molar-refractivity contribution in [2.75, 3.05) is 7.05 Å². The maximum Gasteiger partial charge on any atom is 0.229 e. The van der Waals surface area contributed by atoms with Crippen LogP contribution in [-0.4, -0.2) is 29.2 Å². The van der Waals surface area contributed by atoms with Crippen LogP contribution < -0.4 is 0 Å². The van der Waals surface area contributed by atoms with Gasteiger partial charge in [0.25, 0.3) is 0 Å². The molecule has 0 heterocycles. The van der Waals surface area contributed by atoms with E-state index in [0.29, 0.717) is 0 Å². The Hall–Kier alpha value is -0.570. The molecule has 0 fully saturated rings. The topological polar surface area (TPSA) is 40.5 Å². The number of aliphatic hydroxyl groups excluding tert-OH is 1. The quantitative estimate of drug-likeness (QED) is 0.576. The Balaban J connectivity index is 4.26. The van der Waals surface area contributed by atoms with Gasteiger partial charge in [-0.15, -0.1) is 0 Å². The van der Waals surface area contributed by atoms with E-state index < -0.39 is 11.6 Å². The Bertz CT molecular complexity index is 147. The van der Waals surface area contributed by atoms with Gasteiger partial charge in [-0.2, -0.15) is 0 Å². The van der Waals surface area contributed by atoms with Gasteiger partial charge in [0.15, 0.2) is 0 Å². The fourth-order valence-electron chi connectivity index (χ4n) is 0.699. The highest BCUT2D eigenvalue weighted by Gasteiger charge is 2.26. The molecule has 66 valence electrons. The molecule has 0 rings (SSSR count). The summed E-state index contributed by atoms with van der Waals surface area (Å²) in [7, 11) is 1.60. The monoisotopic (exact) mass is 159 g/mol. The minimum absolute atomic E-state index is 0.0486. The van der Waals surface area contributed by atoms with Gasteiger partial charge in [0, 0.05) is 12.5 Å². The van der Waals surface area contributed by atoms with Crippen LogP contribution in [0.5, 0.6) is 0 Å². The van der Waals surface area contributed by atoms with Crippen LogP contribution in [0.1, 0.15) is 27.7 Å². The van der Waals surface area contributed by atoms with Crippen molar-refractivity contribution < 1.29 is 9.90 Å². The summed E-state index contributed by atoms with van der Waals surface area (Å²) in [5, 5.41) is 9.06. The molecule has 3 heteroatoms. The van der Waals surface area contributed by atoms with Gasteiger partial charge in [-0.05, 0) is 6.92 Å². The van der Waals surface area contributed by atoms with E-state index in [4.69, 9.17) is 5.11 Å². The van der Waals surface area contributed by atoms with Gasteiger partial charge in [0.2, 0.25) is 5.91 Å². The first-order valence-corrected chi connectivity index (χ1v) is 3.72. The van der Waals surface area contributed by atoms with Gasteiger partial charge < -0.3 is 10.0 Å². The Labute approximate surface area is 68.0 Å². The fraction of sp³-hybridized carbons (Fsp3) is 0.875. The van der Waals surface area contributed by atoms with Crippen LogP contribution in [-0.2, 0) is 4.79 Å². The van der Waals surface area contributed by atoms with Crippen LogP contribution in [0.2, 0.25) is 0 Å². The van der Waals surface area contributed by atoms with Gasteiger partial charge >= 0.3 is 0 Å². The largest absolute Gasteiger partial charge is 0.374 e. The van der Waals surface area contributed by atoms with Gasteiger partial charge in [-0.1, -0.05) is 20.8 Å². The molecule has 0 saturated carbocycles. The van der Waals surface area contributed by atoms with Gasteiger partial charge in [-0.3, -0.25) is 4.79 Å². The second-order valence-corrected chi connectivity index (χ2v) is 3.80. The van der Waals surface area contributed by atoms with Crippen LogP contribution in [0.3, 0.4) is 0 Å². The molecule has 1 atom stereocenters. The third-order valence-corrected chi connectivity index (χ3v) is 1.52. The highest BCUT2D eigenvalue weighted by atomic mass is 16.3. The Morgan fingerprint density at radius 3 is 1.91 bits per heavy atom. The van der Waals surface area contributed by atoms with Crippen LogP contribution in [0.4, 0.5) is 0 Å². The second-order valence-electron chi connectivity index (χ2n) is 3.80. The number of carbonyl (C=O) groups excluding carboxylic acids is 1. The fourth-order valence-corrected chi connectivity index (χ4v) is 0.699. The lowest BCUT2D eigenvalue weighted by Gasteiger charge is -2.27. The molecule has 3 nitrogen and oxygen atoms in total. The molecular weight excluding hydrogens is 142 g/mol. The molecule has 0 aliphatic heterocycles. The van der Waals surface area contributed by atoms with Crippen molar-refractivity contribution in [3.8, 4) is 0 Å². The van der Waals surface area contributed by atoms with E-state index in [2.05, 4.69) is 0 Å². The molecule has 0 aliphatic rings. The normalized spacial score (nSPS) is 14.4. The number of rotatable bonds is 1. The van der Waals surface area contributed by atoms with Crippen LogP contribution in [0.15, 0.2) is 0 Å². The van der Waals surface area contributed by atoms with Crippen LogP contribution >= 0.6 is 0 Å². The lowest BCUT2D eigenvalue weighted by atomic mass is 9.95. The standard InChI is InChI=1S/C8H17NO2/c1-6(10)9(5)7(11)8(2,3)4/h6,10H,1-5H3. The zero-order valence-corrected chi connectivity index (χ0v) is 7.88. The summed E-state index contributed by atoms with van der Waals surface area (Å²) in [6, 6.07) is 0. The molecule has 0 saturated heterocycles. The lowest BCUT2D eigenvalue weighted by molar-refractivity contribution is -0.146. The molecule has 0 bridgehead atoms. The van der Waals surface area contributed by atoms with E-state index in [1.165, 1.54) is 4.90 Å². The number of hydrogen-bond donors (Lipinski definition) is 1. The first kappa shape index (κ1) is 10.4. The van der Waals surface area contributed by atoms with Crippen LogP contribution in [0, 0.1) is 5.41 Å². The Kier molecular flexibility index (Phi) is 3.05. The van der Waals surface area contributed by atoms with E-state index in [1.54, 1.807) is 14.0 Å². The van der Waals surface area contributed by atoms with Gasteiger partial charge in [0.05, 0.1) is 0 Å². The average Bonchev–Trinajstić information content (AvgIpc) is 1.82. The minimum Gasteiger partial charge on any atom is -0.374 e. The van der Waals surface area contributed by atoms with Crippen molar-refractivity contribution in [2.45, 2.75) is 33.9 Å². The zero-order chi connectivity index (χ0) is 9.23. The third kappa shape index (κ3) is 2.89. The molecule has 0 aromatic heterocycles. The highest BCUT2D eigenvalue weighted by molar-refractivity contribution is 5.81. The third-order valence-electron chi connectivity index (χ3n) is 1.52. The van der Waals surface area contributed by atoms with Gasteiger partial charge in [0.1, 0.15) is 6.23 Å². The molecule has 1 amide bonds. The molecule has 1 unspecified atom stereocenters. The summed E-state index contributed by atoms with van der Waals surface area (Å²) in [4.78, 5) is 12.7. The summed E-state index contributed by atoms with van der Waals surface area (Å²) in [6.45, 7) is 7.06. The summed E-state index contributed by atoms with van der Waals surface area (Å²) in [5.41, 5.74) is -0.411. The molecular formula is C8H17NO2. The highest BCUT2D eigenvalue weighted by Crippen LogP contribution is 2.16. The molecule has 0 aromatic carbocycles. The van der Waals surface area contributed by atoms with Crippen molar-refractivity contribution in [1.82, 2.24) is 4.90 Å². The van der Waals surface area contributed by atoms with E-state index in [9.17, 15) is 4.79 Å². The zero-order valence-electron chi connectivity index (χ0n) is 7.88. The maximum atomic E-state index is 11.4. The van der Waals surface area contributed by atoms with E-state index >= 15 is 0 Å². The van der Waals surface area contributed by atoms with Crippen molar-refractivity contribution in [3.05, 3.63) is 0 Å². The predicted molar refractivity (Wildman–Crippen MR) is 43.9 cm³/mol. The van der Waals surface area contributed by atoms with Crippen LogP contribution in [0.25, 0.3) is 0 Å². The van der Waals surface area contributed by atoms with Crippen molar-refractivity contribution >= 4 is 5.91 Å². The number of aliphatic hydroxyl groups is 1. The summed E-state index contributed by atoms with van der Waals surface area (Å²) in [6.07, 6.45) is -0.707. The molecule has 11 heavy (non-hydrogen) atoms. The number of hydrogen-bond acceptors (Lipinski definition) is 2. The molecule has 0 spiro atoms. The average molecular weight is 159 g/mol. The molecule has 0 aromatic rings. The van der Waals surface area contributed by atoms with E-state index in [0.717, 1.165) is 0 Å². The SMILES string of the molecule is CC(O)N(C)C(=O)C(C)(C)C. The summed E-state index contributed by atoms with van der Waals surface area (Å²) in [5.74, 6) is -0.0486. The number of amides is 1. The van der Waals surface area contributed by atoms with E-state index in [1.807, 2.05) is 20.8 Å². The van der Waals surface area contributed by atoms with Crippen molar-refractivity contribution in [2.24, 2.45) is 5.41 Å². The summed E-state index contributed by atoms with van der Waals surface area (Å²) >= 11 is 0. The van der Waals surface area contributed by atoms with Gasteiger partial charge in [-0.25, -0.2) is 0 Å². The van der Waals surface area contributed by atoms with Crippen molar-refractivity contribution in [3.63, 3.8) is 0 Å². The number of nitrogens with zero attached hydrogens (tertiary/aromatic N) is 1. The number of carbonyl (C=O) groups is 1. The predicted octanol–water partition coefficient (Wildman–Crippen LogP) is 0.829. The Morgan fingerprint density at radius 2 is 1.82 bits per heavy atom. The minimum atomic E-state index is -0.707. The molecule has 0 radical (unpaired) electrons. The van der Waals surface area contributed by atoms with E-state index in [-0.39, 0.29) is 5.91 Å². The molecule has 0 aliphatic carbocycles. The lowest BCUT2D eigenvalue weighted by Crippen LogP contribution is -2.41. The maximum absolute atomic E-state index is 11.4. The second kappa shape index (κ2) is 3.22. The summed E-state index contributed by atoms with van der Waals surface area (Å²) < 4.78 is 0. The smallest absolute Gasteiger partial charge is 0.229 e. The first-order chi connectivity index (χ1) is 4.76. The first-order valence-electron chi connectivity index (χ1n) is 3.72.